The van der Waals surface area contributed by atoms with Crippen LogP contribution in [0.15, 0.2) is 36.4 Å². The van der Waals surface area contributed by atoms with E-state index in [1.54, 1.807) is 32.4 Å². The van der Waals surface area contributed by atoms with Gasteiger partial charge in [-0.3, -0.25) is 4.79 Å². The van der Waals surface area contributed by atoms with E-state index in [1.807, 2.05) is 23.1 Å². The minimum atomic E-state index is -0.0414. The normalized spacial score (nSPS) is 15.5. The third-order valence-electron chi connectivity index (χ3n) is 5.45. The van der Waals surface area contributed by atoms with E-state index in [0.717, 1.165) is 42.7 Å². The molecule has 0 radical (unpaired) electrons. The number of rotatable bonds is 6. The number of hydrogen-bond donors (Lipinski definition) is 0. The summed E-state index contributed by atoms with van der Waals surface area (Å²) in [5.41, 5.74) is 1.54. The SMILES string of the molecule is COc1ccc(OC)c(C(=O)N(Cc2ccc3c(c2)OCO3)C2CCCC2)c1. The van der Waals surface area contributed by atoms with E-state index in [2.05, 4.69) is 0 Å². The minimum Gasteiger partial charge on any atom is -0.497 e. The first-order chi connectivity index (χ1) is 13.7. The Hall–Kier alpha value is -2.89. The fourth-order valence-corrected chi connectivity index (χ4v) is 3.95. The topological polar surface area (TPSA) is 57.2 Å². The highest BCUT2D eigenvalue weighted by atomic mass is 16.7. The first-order valence-corrected chi connectivity index (χ1v) is 9.61. The molecule has 1 amide bonds. The molecule has 0 atom stereocenters. The number of methoxy groups -OCH3 is 2. The number of amides is 1. The van der Waals surface area contributed by atoms with Crippen LogP contribution in [0, 0.1) is 0 Å². The van der Waals surface area contributed by atoms with Crippen LogP contribution in [-0.2, 0) is 6.54 Å². The van der Waals surface area contributed by atoms with Crippen molar-refractivity contribution >= 4 is 5.91 Å². The van der Waals surface area contributed by atoms with Crippen molar-refractivity contribution in [2.75, 3.05) is 21.0 Å². The van der Waals surface area contributed by atoms with Crippen molar-refractivity contribution in [3.63, 3.8) is 0 Å². The third kappa shape index (κ3) is 3.59. The summed E-state index contributed by atoms with van der Waals surface area (Å²) >= 11 is 0. The molecule has 2 aromatic rings. The van der Waals surface area contributed by atoms with Gasteiger partial charge in [0, 0.05) is 12.6 Å². The molecule has 0 aromatic heterocycles. The van der Waals surface area contributed by atoms with Crippen LogP contribution in [0.4, 0.5) is 0 Å². The molecule has 1 aliphatic carbocycles. The summed E-state index contributed by atoms with van der Waals surface area (Å²) in [6.45, 7) is 0.756. The second-order valence-electron chi connectivity index (χ2n) is 7.13. The van der Waals surface area contributed by atoms with E-state index in [9.17, 15) is 4.79 Å². The molecule has 0 spiro atoms. The van der Waals surface area contributed by atoms with Crippen LogP contribution in [-0.4, -0.2) is 37.9 Å². The van der Waals surface area contributed by atoms with Gasteiger partial charge in [0.15, 0.2) is 11.5 Å². The van der Waals surface area contributed by atoms with Crippen molar-refractivity contribution in [1.82, 2.24) is 4.90 Å². The summed E-state index contributed by atoms with van der Waals surface area (Å²) in [4.78, 5) is 15.5. The molecular formula is C22H25NO5. The summed E-state index contributed by atoms with van der Waals surface area (Å²) in [7, 11) is 3.17. The van der Waals surface area contributed by atoms with E-state index >= 15 is 0 Å². The third-order valence-corrected chi connectivity index (χ3v) is 5.45. The lowest BCUT2D eigenvalue weighted by Crippen LogP contribution is -2.38. The lowest BCUT2D eigenvalue weighted by Gasteiger charge is -2.30. The van der Waals surface area contributed by atoms with Crippen LogP contribution in [0.25, 0.3) is 0 Å². The van der Waals surface area contributed by atoms with E-state index in [4.69, 9.17) is 18.9 Å². The minimum absolute atomic E-state index is 0.0414. The maximum absolute atomic E-state index is 13.6. The van der Waals surface area contributed by atoms with Gasteiger partial charge < -0.3 is 23.8 Å². The number of nitrogens with zero attached hydrogens (tertiary/aromatic N) is 1. The van der Waals surface area contributed by atoms with Crippen molar-refractivity contribution in [2.24, 2.45) is 0 Å². The van der Waals surface area contributed by atoms with Crippen LogP contribution in [0.1, 0.15) is 41.6 Å². The average Bonchev–Trinajstić information content (AvgIpc) is 3.42. The van der Waals surface area contributed by atoms with Crippen molar-refractivity contribution in [2.45, 2.75) is 38.3 Å². The second-order valence-corrected chi connectivity index (χ2v) is 7.13. The lowest BCUT2D eigenvalue weighted by atomic mass is 10.1. The number of ether oxygens (including phenoxy) is 4. The highest BCUT2D eigenvalue weighted by Gasteiger charge is 2.30. The summed E-state index contributed by atoms with van der Waals surface area (Å²) in [5.74, 6) is 2.63. The molecule has 28 heavy (non-hydrogen) atoms. The Morgan fingerprint density at radius 3 is 2.57 bits per heavy atom. The predicted octanol–water partition coefficient (Wildman–Crippen LogP) is 4.02. The van der Waals surface area contributed by atoms with Gasteiger partial charge in [-0.05, 0) is 48.7 Å². The van der Waals surface area contributed by atoms with E-state index < -0.39 is 0 Å². The van der Waals surface area contributed by atoms with E-state index in [-0.39, 0.29) is 18.7 Å². The molecule has 1 heterocycles. The lowest BCUT2D eigenvalue weighted by molar-refractivity contribution is 0.0660. The molecule has 0 saturated heterocycles. The van der Waals surface area contributed by atoms with Crippen LogP contribution >= 0.6 is 0 Å². The second kappa shape index (κ2) is 8.00. The molecule has 1 aliphatic heterocycles. The fourth-order valence-electron chi connectivity index (χ4n) is 3.95. The summed E-state index contributed by atoms with van der Waals surface area (Å²) < 4.78 is 21.7. The molecule has 148 valence electrons. The van der Waals surface area contributed by atoms with E-state index in [0.29, 0.717) is 23.6 Å². The van der Waals surface area contributed by atoms with Crippen LogP contribution < -0.4 is 18.9 Å². The van der Waals surface area contributed by atoms with Gasteiger partial charge in [0.05, 0.1) is 19.8 Å². The summed E-state index contributed by atoms with van der Waals surface area (Å²) in [6.07, 6.45) is 4.32. The zero-order valence-corrected chi connectivity index (χ0v) is 16.3. The maximum atomic E-state index is 13.6. The molecule has 2 aromatic carbocycles. The number of benzene rings is 2. The van der Waals surface area contributed by atoms with Crippen molar-refractivity contribution in [1.29, 1.82) is 0 Å². The molecule has 0 unspecified atom stereocenters. The van der Waals surface area contributed by atoms with Gasteiger partial charge in [-0.15, -0.1) is 0 Å². The number of hydrogen-bond acceptors (Lipinski definition) is 5. The monoisotopic (exact) mass is 383 g/mol. The standard InChI is InChI=1S/C22H25NO5/c1-25-17-8-10-19(26-2)18(12-17)22(24)23(16-5-3-4-6-16)13-15-7-9-20-21(11-15)28-14-27-20/h7-12,16H,3-6,13-14H2,1-2H3. The highest BCUT2D eigenvalue weighted by molar-refractivity contribution is 5.97. The van der Waals surface area contributed by atoms with Gasteiger partial charge in [0.1, 0.15) is 11.5 Å². The zero-order chi connectivity index (χ0) is 19.5. The Bertz CT molecular complexity index is 860. The first kappa shape index (κ1) is 18.5. The largest absolute Gasteiger partial charge is 0.497 e. The molecule has 0 bridgehead atoms. The van der Waals surface area contributed by atoms with Crippen molar-refractivity contribution in [3.8, 4) is 23.0 Å². The van der Waals surface area contributed by atoms with E-state index in [1.165, 1.54) is 0 Å². The van der Waals surface area contributed by atoms with Crippen LogP contribution in [0.3, 0.4) is 0 Å². The Kier molecular flexibility index (Phi) is 5.28. The Morgan fingerprint density at radius 1 is 1.04 bits per heavy atom. The molecule has 6 heteroatoms. The molecule has 1 fully saturated rings. The smallest absolute Gasteiger partial charge is 0.258 e. The van der Waals surface area contributed by atoms with Crippen LogP contribution in [0.2, 0.25) is 0 Å². The molecule has 2 aliphatic rings. The van der Waals surface area contributed by atoms with Gasteiger partial charge >= 0.3 is 0 Å². The fraction of sp³-hybridized carbons (Fsp3) is 0.409. The van der Waals surface area contributed by atoms with Crippen molar-refractivity contribution in [3.05, 3.63) is 47.5 Å². The Morgan fingerprint density at radius 2 is 1.82 bits per heavy atom. The first-order valence-electron chi connectivity index (χ1n) is 9.61. The number of fused-ring (bicyclic) bond motifs is 1. The molecule has 1 saturated carbocycles. The Labute approximate surface area is 165 Å². The quantitative estimate of drug-likeness (QED) is 0.754. The van der Waals surface area contributed by atoms with Crippen molar-refractivity contribution < 1.29 is 23.7 Å². The van der Waals surface area contributed by atoms with Gasteiger partial charge in [-0.25, -0.2) is 0 Å². The van der Waals surface area contributed by atoms with Crippen LogP contribution in [0.5, 0.6) is 23.0 Å². The maximum Gasteiger partial charge on any atom is 0.258 e. The number of carbonyl (C=O) groups excluding carboxylic acids is 1. The predicted molar refractivity (Wildman–Crippen MR) is 104 cm³/mol. The number of carbonyl (C=O) groups is 1. The molecule has 0 N–H and O–H groups in total. The molecular weight excluding hydrogens is 358 g/mol. The summed E-state index contributed by atoms with van der Waals surface area (Å²) in [5, 5.41) is 0. The van der Waals surface area contributed by atoms with Gasteiger partial charge in [0.2, 0.25) is 6.79 Å². The van der Waals surface area contributed by atoms with Gasteiger partial charge in [-0.2, -0.15) is 0 Å². The highest BCUT2D eigenvalue weighted by Crippen LogP contribution is 2.35. The molecule has 6 nitrogen and oxygen atoms in total. The summed E-state index contributed by atoms with van der Waals surface area (Å²) in [6, 6.07) is 11.4. The molecule has 4 rings (SSSR count). The Balaban J connectivity index is 1.65. The average molecular weight is 383 g/mol. The zero-order valence-electron chi connectivity index (χ0n) is 16.3. The van der Waals surface area contributed by atoms with Gasteiger partial charge in [-0.1, -0.05) is 18.9 Å². The van der Waals surface area contributed by atoms with Gasteiger partial charge in [0.25, 0.3) is 5.91 Å².